The number of hydrogen-bond acceptors (Lipinski definition) is 15. The number of ketones is 1. The fourth-order valence-electron chi connectivity index (χ4n) is 22.1. The van der Waals surface area contributed by atoms with Crippen LogP contribution in [0.2, 0.25) is 0 Å². The van der Waals surface area contributed by atoms with Gasteiger partial charge in [0.1, 0.15) is 30.5 Å². The molecular weight excluding hydrogens is 1200 g/mol. The van der Waals surface area contributed by atoms with Gasteiger partial charge in [-0.2, -0.15) is 0 Å². The molecule has 0 aromatic rings. The molecule has 530 valence electrons. The summed E-state index contributed by atoms with van der Waals surface area (Å²) in [5.74, 6) is 3.31. The Labute approximate surface area is 568 Å². The van der Waals surface area contributed by atoms with Crippen LogP contribution >= 0.6 is 0 Å². The summed E-state index contributed by atoms with van der Waals surface area (Å²) >= 11 is 0. The number of ether oxygens (including phenoxy) is 5. The summed E-state index contributed by atoms with van der Waals surface area (Å²) in [6, 6.07) is 0. The zero-order chi connectivity index (χ0) is 69.0. The normalized spacial score (nSPS) is 46.6. The Morgan fingerprint density at radius 3 is 1.57 bits per heavy atom. The molecule has 0 spiro atoms. The minimum atomic E-state index is -0.354. The average Bonchev–Trinajstić information content (AvgIpc) is 1.69. The first-order chi connectivity index (χ1) is 45.0. The van der Waals surface area contributed by atoms with Crippen LogP contribution in [0.4, 0.5) is 0 Å². The Morgan fingerprint density at radius 1 is 0.516 bits per heavy atom. The summed E-state index contributed by atoms with van der Waals surface area (Å²) in [5, 5.41) is 40.3. The molecule has 5 aliphatic heterocycles. The van der Waals surface area contributed by atoms with Gasteiger partial charge in [-0.25, -0.2) is 0 Å². The number of carbonyl (C=O) groups excluding carboxylic acids is 6. The second kappa shape index (κ2) is 29.4. The second-order valence-electron chi connectivity index (χ2n) is 33.4. The third-order valence-electron chi connectivity index (χ3n) is 28.2. The summed E-state index contributed by atoms with van der Waals surface area (Å²) in [7, 11) is 0. The largest absolute Gasteiger partial charge is 0.462 e. The Kier molecular flexibility index (Phi) is 22.7. The molecule has 5 saturated heterocycles. The molecule has 5 heterocycles. The van der Waals surface area contributed by atoms with Gasteiger partial charge >= 0.3 is 29.8 Å². The van der Waals surface area contributed by atoms with E-state index in [1.54, 1.807) is 0 Å². The topological polar surface area (TPSA) is 229 Å². The third-order valence-corrected chi connectivity index (χ3v) is 28.2. The quantitative estimate of drug-likeness (QED) is 0.0839. The van der Waals surface area contributed by atoms with Gasteiger partial charge in [0.15, 0.2) is 5.78 Å². The van der Waals surface area contributed by atoms with Crippen molar-refractivity contribution in [3.63, 3.8) is 0 Å². The van der Waals surface area contributed by atoms with Crippen molar-refractivity contribution in [2.45, 2.75) is 286 Å². The van der Waals surface area contributed by atoms with Crippen molar-refractivity contribution in [2.24, 2.45) is 110 Å². The first-order valence-electron chi connectivity index (χ1n) is 37.6. The van der Waals surface area contributed by atoms with Crippen molar-refractivity contribution < 1.29 is 72.9 Å². The highest BCUT2D eigenvalue weighted by Crippen LogP contribution is 2.61. The van der Waals surface area contributed by atoms with E-state index in [1.807, 2.05) is 6.92 Å². The fraction of sp³-hybridized carbons (Fsp3) is 0.800. The Balaban J connectivity index is 0.000000129. The zero-order valence-electron chi connectivity index (χ0n) is 59.7. The minimum Gasteiger partial charge on any atom is -0.462 e. The van der Waals surface area contributed by atoms with Crippen molar-refractivity contribution in [2.75, 3.05) is 6.61 Å². The first-order valence-corrected chi connectivity index (χ1v) is 37.6. The Hall–Kier alpha value is -4.44. The second-order valence-corrected chi connectivity index (χ2v) is 33.4. The molecule has 95 heavy (non-hydrogen) atoms. The maximum atomic E-state index is 12.0. The van der Waals surface area contributed by atoms with Gasteiger partial charge in [0.05, 0.1) is 47.9 Å². The van der Waals surface area contributed by atoms with E-state index in [4.69, 9.17) is 23.7 Å². The van der Waals surface area contributed by atoms with E-state index in [0.717, 1.165) is 165 Å². The van der Waals surface area contributed by atoms with Crippen LogP contribution in [-0.2, 0) is 52.5 Å². The highest BCUT2D eigenvalue weighted by molar-refractivity contribution is 5.96. The molecule has 0 amide bonds. The van der Waals surface area contributed by atoms with E-state index < -0.39 is 0 Å². The highest BCUT2D eigenvalue weighted by Gasteiger charge is 2.62. The molecule has 27 atom stereocenters. The van der Waals surface area contributed by atoms with Crippen LogP contribution in [0.3, 0.4) is 0 Å². The van der Waals surface area contributed by atoms with Crippen molar-refractivity contribution in [1.82, 2.24) is 0 Å². The molecule has 4 N–H and O–H groups in total. The van der Waals surface area contributed by atoms with Crippen molar-refractivity contribution in [3.8, 4) is 0 Å². The molecular formula is C80H120O15. The number of rotatable bonds is 6. The van der Waals surface area contributed by atoms with E-state index in [-0.39, 0.29) is 160 Å². The van der Waals surface area contributed by atoms with Crippen molar-refractivity contribution in [1.29, 1.82) is 0 Å². The number of aliphatic hydroxyl groups is 4. The van der Waals surface area contributed by atoms with Crippen LogP contribution in [0.15, 0.2) is 59.8 Å². The standard InChI is InChI=1S/C16H24O3.C16H22O3.2C16H24O3.C16H26O3/c2*1-4-10-11-7-12-9(2)13(17)5-6-16(12,3)8-14(11)19-15(10)18;2*1-4-10-11-7-8-16(3)12(17)6-5-9(2)13(16)14(11)19-15(10)18;1-3-13-14-8-7-12(10-17)6-4-5-11(2)9-15(14)19-16(13)18/h10-14,17H,2,4-8H2,1,3H3;10-12,14H,2,4-8H2,1,3H3;5,10-14,17H,4,6-8H2,1-3H3;10-14,17H,2,4-8H2,1,3H3;9,12-15,17H,3-8,10H2,1-2H3/b;;;;11-9+/t10-,11+,12-,13+,14+,16+;10-,11+,12-,14+,16+;2*10-,11-,12+,13?,14-,16-;12?,13-,14-,15+/m00000/s1. The van der Waals surface area contributed by atoms with Crippen LogP contribution < -0.4 is 0 Å². The fourth-order valence-corrected chi connectivity index (χ4v) is 22.1. The van der Waals surface area contributed by atoms with Crippen molar-refractivity contribution in [3.05, 3.63) is 59.8 Å². The maximum Gasteiger partial charge on any atom is 0.309 e. The number of carbonyl (C=O) groups is 6. The van der Waals surface area contributed by atoms with E-state index in [0.29, 0.717) is 47.8 Å². The molecule has 15 nitrogen and oxygen atoms in total. The average molecular weight is 1320 g/mol. The predicted molar refractivity (Wildman–Crippen MR) is 363 cm³/mol. The predicted octanol–water partition coefficient (Wildman–Crippen LogP) is 14.0. The maximum absolute atomic E-state index is 12.0. The lowest BCUT2D eigenvalue weighted by Gasteiger charge is -2.53. The lowest BCUT2D eigenvalue weighted by atomic mass is 9.53. The Morgan fingerprint density at radius 2 is 1.01 bits per heavy atom. The van der Waals surface area contributed by atoms with Gasteiger partial charge in [0.25, 0.3) is 0 Å². The molecule has 0 aromatic carbocycles. The number of fused-ring (bicyclic) bond motifs is 11. The summed E-state index contributed by atoms with van der Waals surface area (Å²) < 4.78 is 28.2. The lowest BCUT2D eigenvalue weighted by molar-refractivity contribution is -0.153. The van der Waals surface area contributed by atoms with Crippen LogP contribution in [0.5, 0.6) is 0 Å². The highest BCUT2D eigenvalue weighted by atomic mass is 16.6. The van der Waals surface area contributed by atoms with Gasteiger partial charge in [0.2, 0.25) is 0 Å². The van der Waals surface area contributed by atoms with E-state index in [2.05, 4.69) is 101 Å². The van der Waals surface area contributed by atoms with Crippen LogP contribution in [0.1, 0.15) is 237 Å². The lowest BCUT2D eigenvalue weighted by Crippen LogP contribution is -2.53. The summed E-state index contributed by atoms with van der Waals surface area (Å²) in [6.45, 7) is 36.0. The van der Waals surface area contributed by atoms with Gasteiger partial charge in [-0.3, -0.25) is 28.8 Å². The number of allylic oxidation sites excluding steroid dienone is 2. The van der Waals surface area contributed by atoms with E-state index >= 15 is 0 Å². The number of aliphatic hydroxyl groups excluding tert-OH is 4. The summed E-state index contributed by atoms with van der Waals surface area (Å²) in [5.41, 5.74) is 5.54. The molecule has 7 saturated carbocycles. The first kappa shape index (κ1) is 73.3. The molecule has 14 aliphatic rings. The van der Waals surface area contributed by atoms with Crippen LogP contribution in [0, 0.1) is 110 Å². The monoisotopic (exact) mass is 1320 g/mol. The molecule has 3 unspecified atom stereocenters. The van der Waals surface area contributed by atoms with E-state index in [1.165, 1.54) is 16.7 Å². The van der Waals surface area contributed by atoms with Gasteiger partial charge in [0, 0.05) is 65.3 Å². The molecule has 14 rings (SSSR count). The van der Waals surface area contributed by atoms with Crippen LogP contribution in [0.25, 0.3) is 0 Å². The van der Waals surface area contributed by atoms with Crippen molar-refractivity contribution >= 4 is 35.6 Å². The Bertz CT molecular complexity index is 2950. The van der Waals surface area contributed by atoms with Gasteiger partial charge in [-0.15, -0.1) is 0 Å². The third kappa shape index (κ3) is 13.9. The van der Waals surface area contributed by atoms with Gasteiger partial charge < -0.3 is 44.1 Å². The molecule has 0 radical (unpaired) electrons. The summed E-state index contributed by atoms with van der Waals surface area (Å²) in [6.07, 6.45) is 26.4. The summed E-state index contributed by atoms with van der Waals surface area (Å²) in [4.78, 5) is 71.7. The number of esters is 5. The van der Waals surface area contributed by atoms with Gasteiger partial charge in [-0.05, 0) is 214 Å². The number of hydrogen-bond donors (Lipinski definition) is 4. The number of Topliss-reactive ketones (excluding diaryl/α,β-unsaturated/α-hetero) is 1. The smallest absolute Gasteiger partial charge is 0.309 e. The molecule has 12 fully saturated rings. The minimum absolute atomic E-state index is 0.00842. The zero-order valence-corrected chi connectivity index (χ0v) is 59.7. The molecule has 0 bridgehead atoms. The van der Waals surface area contributed by atoms with Crippen LogP contribution in [-0.4, -0.2) is 111 Å². The SMILES string of the molecule is C=C1C(=O)CC[C@]2(C)C[C@H]3OC(=O)[C@@H](CC)[C@H]3C[C@@H]12.C=C1CC[C@@H](O)[C@]2(C)CC[C@H]3[C@H](CC)C(=O)O[C@@H]3C12.C=C1[C@H](O)CC[C@]2(C)C[C@H]3OC(=O)[C@@H](CC)[C@H]3C[C@@H]12.CC[C@@H]1C(=O)O[C@@H]2/C=C(\C)CCCC(CO)CC[C@@H]12.CC[C@@H]1C(=O)O[C@@H]2C3C(C)=CC[C@@H](O)[C@]3(C)CC[C@@H]12. The molecule has 9 aliphatic carbocycles. The molecule has 15 heteroatoms. The van der Waals surface area contributed by atoms with Gasteiger partial charge in [-0.1, -0.05) is 105 Å². The molecule has 0 aromatic heterocycles. The van der Waals surface area contributed by atoms with E-state index in [9.17, 15) is 49.2 Å².